The summed E-state index contributed by atoms with van der Waals surface area (Å²) >= 11 is 0. The van der Waals surface area contributed by atoms with Gasteiger partial charge < -0.3 is 9.47 Å². The summed E-state index contributed by atoms with van der Waals surface area (Å²) in [7, 11) is -6.50. The van der Waals surface area contributed by atoms with Gasteiger partial charge in [0, 0.05) is 0 Å². The molecule has 0 aromatic heterocycles. The van der Waals surface area contributed by atoms with Crippen LogP contribution in [0.2, 0.25) is 0 Å². The van der Waals surface area contributed by atoms with E-state index in [9.17, 15) is 40.0 Å². The van der Waals surface area contributed by atoms with Crippen molar-refractivity contribution in [1.29, 1.82) is 0 Å². The first-order chi connectivity index (χ1) is 11.0. The van der Waals surface area contributed by atoms with Crippen LogP contribution in [0.15, 0.2) is 0 Å². The minimum Gasteiger partial charge on any atom is -0.465 e. The Kier molecular flexibility index (Phi) is 7.34. The Morgan fingerprint density at radius 1 is 1.12 bits per heavy atom. The molecule has 0 heterocycles. The minimum absolute atomic E-state index is 0.354. The van der Waals surface area contributed by atoms with E-state index in [1.165, 1.54) is 13.8 Å². The molecule has 1 N–H and O–H groups in total. The van der Waals surface area contributed by atoms with E-state index in [1.54, 1.807) is 6.92 Å². The topological polar surface area (TPSA) is 107 Å². The Morgan fingerprint density at radius 3 is 1.96 bits per heavy atom. The van der Waals surface area contributed by atoms with Crippen LogP contribution in [0.25, 0.3) is 0 Å². The molecule has 7 nitrogen and oxygen atoms in total. The van der Waals surface area contributed by atoms with E-state index >= 15 is 0 Å². The Morgan fingerprint density at radius 2 is 1.60 bits per heavy atom. The maximum absolute atomic E-state index is 13.2. The van der Waals surface area contributed by atoms with E-state index in [1.807, 2.05) is 0 Å². The van der Waals surface area contributed by atoms with Gasteiger partial charge in [-0.2, -0.15) is 30.4 Å². The SMILES string of the molecule is CCC(C)(C)C(=O)OCCC(=O)OC(C(F)(F)F)C(F)(F)S(=O)(=O)O. The van der Waals surface area contributed by atoms with Crippen LogP contribution in [-0.4, -0.2) is 49.1 Å². The van der Waals surface area contributed by atoms with Crippen molar-refractivity contribution in [2.75, 3.05) is 6.61 Å². The van der Waals surface area contributed by atoms with E-state index in [4.69, 9.17) is 4.55 Å². The molecule has 0 aliphatic carbocycles. The fourth-order valence-corrected chi connectivity index (χ4v) is 1.67. The number of hydrogen-bond donors (Lipinski definition) is 1. The number of alkyl halides is 5. The summed E-state index contributed by atoms with van der Waals surface area (Å²) in [4.78, 5) is 22.8. The summed E-state index contributed by atoms with van der Waals surface area (Å²) < 4.78 is 101. The van der Waals surface area contributed by atoms with Crippen molar-refractivity contribution < 1.29 is 54.0 Å². The highest BCUT2D eigenvalue weighted by atomic mass is 32.2. The van der Waals surface area contributed by atoms with Gasteiger partial charge in [-0.25, -0.2) is 0 Å². The third-order valence-electron chi connectivity index (χ3n) is 3.17. The molecular weight excluding hydrogens is 383 g/mol. The van der Waals surface area contributed by atoms with Gasteiger partial charge in [-0.05, 0) is 20.3 Å². The zero-order valence-corrected chi connectivity index (χ0v) is 14.2. The van der Waals surface area contributed by atoms with Crippen molar-refractivity contribution >= 4 is 22.1 Å². The van der Waals surface area contributed by atoms with Gasteiger partial charge in [0.2, 0.25) is 0 Å². The fraction of sp³-hybridized carbons (Fsp3) is 0.833. The summed E-state index contributed by atoms with van der Waals surface area (Å²) in [5, 5.41) is -5.80. The highest BCUT2D eigenvalue weighted by Crippen LogP contribution is 2.38. The number of rotatable bonds is 8. The molecule has 1 unspecified atom stereocenters. The monoisotopic (exact) mass is 400 g/mol. The van der Waals surface area contributed by atoms with Crippen LogP contribution < -0.4 is 0 Å². The average molecular weight is 400 g/mol. The molecule has 25 heavy (non-hydrogen) atoms. The average Bonchev–Trinajstić information content (AvgIpc) is 2.41. The third kappa shape index (κ3) is 6.38. The largest absolute Gasteiger partial charge is 0.465 e. The number of esters is 2. The molecule has 1 atom stereocenters. The predicted molar refractivity (Wildman–Crippen MR) is 72.1 cm³/mol. The van der Waals surface area contributed by atoms with Gasteiger partial charge in [0.25, 0.3) is 6.10 Å². The zero-order valence-electron chi connectivity index (χ0n) is 13.4. The summed E-state index contributed by atoms with van der Waals surface area (Å²) in [5.74, 6) is -2.67. The lowest BCUT2D eigenvalue weighted by Crippen LogP contribution is -2.52. The van der Waals surface area contributed by atoms with Gasteiger partial charge in [0.05, 0.1) is 11.8 Å². The molecule has 0 amide bonds. The second-order valence-corrected chi connectivity index (χ2v) is 7.07. The van der Waals surface area contributed by atoms with Crippen LogP contribution >= 0.6 is 0 Å². The second-order valence-electron chi connectivity index (χ2n) is 5.57. The molecule has 0 aromatic rings. The van der Waals surface area contributed by atoms with Crippen LogP contribution in [0.5, 0.6) is 0 Å². The molecule has 0 aliphatic rings. The smallest absolute Gasteiger partial charge is 0.432 e. The molecule has 0 saturated heterocycles. The first-order valence-corrected chi connectivity index (χ1v) is 8.19. The molecule has 0 radical (unpaired) electrons. The van der Waals surface area contributed by atoms with Gasteiger partial charge in [0.15, 0.2) is 0 Å². The molecule has 0 saturated carbocycles. The molecule has 0 aliphatic heterocycles. The number of carbonyl (C=O) groups excluding carboxylic acids is 2. The van der Waals surface area contributed by atoms with E-state index in [0.717, 1.165) is 0 Å². The number of ether oxygens (including phenoxy) is 2. The summed E-state index contributed by atoms with van der Waals surface area (Å²) in [6.07, 6.45) is -11.1. The lowest BCUT2D eigenvalue weighted by atomic mass is 9.91. The fourth-order valence-electron chi connectivity index (χ4n) is 1.22. The van der Waals surface area contributed by atoms with Crippen LogP contribution in [0, 0.1) is 5.41 Å². The Bertz CT molecular complexity index is 597. The van der Waals surface area contributed by atoms with Crippen LogP contribution in [-0.2, 0) is 29.2 Å². The standard InChI is InChI=1S/C12H17F5O7S/c1-4-10(2,3)9(19)23-6-5-7(18)24-8(11(13,14)15)12(16,17)25(20,21)22/h8H,4-6H2,1-3H3,(H,20,21,22). The van der Waals surface area contributed by atoms with Crippen molar-refractivity contribution in [2.24, 2.45) is 5.41 Å². The van der Waals surface area contributed by atoms with Gasteiger partial charge in [0.1, 0.15) is 6.61 Å². The van der Waals surface area contributed by atoms with Gasteiger partial charge in [-0.1, -0.05) is 6.92 Å². The van der Waals surface area contributed by atoms with Crippen molar-refractivity contribution in [3.8, 4) is 0 Å². The number of hydrogen-bond acceptors (Lipinski definition) is 6. The zero-order chi connectivity index (χ0) is 20.3. The van der Waals surface area contributed by atoms with Crippen molar-refractivity contribution in [1.82, 2.24) is 0 Å². The molecular formula is C12H17F5O7S. The van der Waals surface area contributed by atoms with Crippen molar-refractivity contribution in [2.45, 2.75) is 51.1 Å². The normalized spacial score (nSPS) is 14.8. The maximum Gasteiger partial charge on any atom is 0.432 e. The quantitative estimate of drug-likeness (QED) is 0.378. The van der Waals surface area contributed by atoms with Crippen LogP contribution in [0.1, 0.15) is 33.6 Å². The van der Waals surface area contributed by atoms with E-state index in [0.29, 0.717) is 6.42 Å². The molecule has 0 aromatic carbocycles. The highest BCUT2D eigenvalue weighted by Gasteiger charge is 2.66. The van der Waals surface area contributed by atoms with Crippen molar-refractivity contribution in [3.05, 3.63) is 0 Å². The predicted octanol–water partition coefficient (Wildman–Crippen LogP) is 2.31. The third-order valence-corrected chi connectivity index (χ3v) is 4.07. The minimum atomic E-state index is -6.50. The van der Waals surface area contributed by atoms with Gasteiger partial charge >= 0.3 is 33.5 Å². The molecule has 148 valence electrons. The van der Waals surface area contributed by atoms with Crippen LogP contribution in [0.4, 0.5) is 22.0 Å². The second kappa shape index (κ2) is 7.81. The van der Waals surface area contributed by atoms with E-state index in [-0.39, 0.29) is 0 Å². The summed E-state index contributed by atoms with van der Waals surface area (Å²) in [5.41, 5.74) is -0.934. The Labute approximate surface area is 140 Å². The van der Waals surface area contributed by atoms with Gasteiger partial charge in [-0.15, -0.1) is 0 Å². The van der Waals surface area contributed by atoms with E-state index < -0.39 is 58.0 Å². The van der Waals surface area contributed by atoms with Crippen molar-refractivity contribution in [3.63, 3.8) is 0 Å². The first-order valence-electron chi connectivity index (χ1n) is 6.75. The van der Waals surface area contributed by atoms with E-state index in [2.05, 4.69) is 9.47 Å². The molecule has 0 spiro atoms. The molecule has 0 fully saturated rings. The number of halogens is 5. The molecule has 13 heteroatoms. The maximum atomic E-state index is 13.2. The summed E-state index contributed by atoms with van der Waals surface area (Å²) in [6, 6.07) is 0. The Hall–Kier alpha value is -1.50. The lowest BCUT2D eigenvalue weighted by molar-refractivity contribution is -0.259. The molecule has 0 rings (SSSR count). The number of carbonyl (C=O) groups is 2. The lowest BCUT2D eigenvalue weighted by Gasteiger charge is -2.26. The molecule has 0 bridgehead atoms. The first kappa shape index (κ1) is 23.5. The van der Waals surface area contributed by atoms with Gasteiger partial charge in [-0.3, -0.25) is 14.1 Å². The Balaban J connectivity index is 4.97. The summed E-state index contributed by atoms with van der Waals surface area (Å²) in [6.45, 7) is 3.89. The highest BCUT2D eigenvalue weighted by molar-refractivity contribution is 7.86. The van der Waals surface area contributed by atoms with Crippen LogP contribution in [0.3, 0.4) is 0 Å².